The van der Waals surface area contributed by atoms with Crippen molar-refractivity contribution in [1.82, 2.24) is 0 Å². The number of hydrogen-bond donors (Lipinski definition) is 1. The minimum atomic E-state index is -3.56. The third kappa shape index (κ3) is 14.0. The van der Waals surface area contributed by atoms with E-state index in [4.69, 9.17) is 13.6 Å². The molecule has 1 N–H and O–H groups in total. The zero-order chi connectivity index (χ0) is 26.3. The summed E-state index contributed by atoms with van der Waals surface area (Å²) in [6.45, 7) is 5.35. The lowest BCUT2D eigenvalue weighted by Crippen LogP contribution is -1.99. The van der Waals surface area contributed by atoms with E-state index in [1.54, 1.807) is 36.4 Å². The van der Waals surface area contributed by atoms with Gasteiger partial charge in [0.15, 0.2) is 0 Å². The van der Waals surface area contributed by atoms with E-state index in [-0.39, 0.29) is 0 Å². The van der Waals surface area contributed by atoms with E-state index in [0.29, 0.717) is 18.1 Å². The Morgan fingerprint density at radius 1 is 0.667 bits per heavy atom. The van der Waals surface area contributed by atoms with Gasteiger partial charge in [-0.05, 0) is 41.8 Å². The van der Waals surface area contributed by atoms with Gasteiger partial charge in [0, 0.05) is 13.3 Å². The SMILES string of the molecule is CCCCCCCCCCCCOP(C)(=O)Oc1ccc(/C=C/c2ccc(OP(C)(=O)O)cc2)cc1. The summed E-state index contributed by atoms with van der Waals surface area (Å²) in [5.74, 6) is 0.858. The largest absolute Gasteiger partial charge is 0.425 e. The van der Waals surface area contributed by atoms with Crippen molar-refractivity contribution in [3.05, 3.63) is 59.7 Å². The molecule has 0 aliphatic rings. The average molecular weight is 537 g/mol. The summed E-state index contributed by atoms with van der Waals surface area (Å²) in [6.07, 6.45) is 16.3. The van der Waals surface area contributed by atoms with E-state index in [1.807, 2.05) is 24.3 Å². The van der Waals surface area contributed by atoms with Crippen molar-refractivity contribution in [2.24, 2.45) is 0 Å². The molecule has 2 aromatic rings. The summed E-state index contributed by atoms with van der Waals surface area (Å²) in [5.41, 5.74) is 1.87. The van der Waals surface area contributed by atoms with Crippen LogP contribution < -0.4 is 9.05 Å². The average Bonchev–Trinajstić information content (AvgIpc) is 2.82. The lowest BCUT2D eigenvalue weighted by Gasteiger charge is -2.15. The second-order valence-electron chi connectivity index (χ2n) is 9.24. The summed E-state index contributed by atoms with van der Waals surface area (Å²) in [7, 11) is -6.72. The van der Waals surface area contributed by atoms with Gasteiger partial charge in [-0.15, -0.1) is 0 Å². The molecule has 0 aromatic heterocycles. The van der Waals surface area contributed by atoms with E-state index in [9.17, 15) is 14.0 Å². The Hall–Kier alpha value is -1.84. The van der Waals surface area contributed by atoms with E-state index < -0.39 is 15.2 Å². The summed E-state index contributed by atoms with van der Waals surface area (Å²) in [5, 5.41) is 0. The standard InChI is InChI=1S/C28H42O6P2/c1-4-5-6-7-8-9-10-11-12-13-24-32-36(3,31)34-28-22-18-26(19-23-28)15-14-25-16-20-27(21-17-25)33-35(2,29)30/h14-23H,4-13,24H2,1-3H3,(H,29,30)/b15-14+. The van der Waals surface area contributed by atoms with Crippen molar-refractivity contribution in [1.29, 1.82) is 0 Å². The quantitative estimate of drug-likeness (QED) is 0.116. The number of rotatable bonds is 18. The second-order valence-corrected chi connectivity index (χ2v) is 13.0. The van der Waals surface area contributed by atoms with Crippen LogP contribution in [0, 0.1) is 0 Å². The van der Waals surface area contributed by atoms with Crippen LogP contribution in [-0.4, -0.2) is 24.8 Å². The van der Waals surface area contributed by atoms with Gasteiger partial charge in [-0.1, -0.05) is 101 Å². The first kappa shape index (κ1) is 30.4. The molecule has 0 aliphatic carbocycles. The molecule has 8 heteroatoms. The maximum atomic E-state index is 12.7. The Bertz CT molecular complexity index is 996. The maximum absolute atomic E-state index is 12.7. The smallest absolute Gasteiger partial charge is 0.376 e. The molecule has 2 aromatic carbocycles. The molecule has 0 saturated heterocycles. The van der Waals surface area contributed by atoms with Gasteiger partial charge >= 0.3 is 15.2 Å². The molecule has 0 fully saturated rings. The van der Waals surface area contributed by atoms with Gasteiger partial charge in [0.25, 0.3) is 0 Å². The minimum Gasteiger partial charge on any atom is -0.425 e. The van der Waals surface area contributed by atoms with E-state index in [1.165, 1.54) is 58.0 Å². The highest BCUT2D eigenvalue weighted by Crippen LogP contribution is 2.44. The van der Waals surface area contributed by atoms with Crippen molar-refractivity contribution in [3.63, 3.8) is 0 Å². The first-order valence-electron chi connectivity index (χ1n) is 13.0. The van der Waals surface area contributed by atoms with Gasteiger partial charge in [-0.3, -0.25) is 4.52 Å². The number of unbranched alkanes of at least 4 members (excludes halogenated alkanes) is 9. The van der Waals surface area contributed by atoms with E-state index in [0.717, 1.165) is 30.6 Å². The van der Waals surface area contributed by atoms with Gasteiger partial charge in [0.1, 0.15) is 11.5 Å². The fourth-order valence-corrected chi connectivity index (χ4v) is 5.24. The van der Waals surface area contributed by atoms with E-state index >= 15 is 0 Å². The molecule has 0 spiro atoms. The molecule has 2 rings (SSSR count). The predicted molar refractivity (Wildman–Crippen MR) is 150 cm³/mol. The summed E-state index contributed by atoms with van der Waals surface area (Å²) >= 11 is 0. The van der Waals surface area contributed by atoms with Crippen LogP contribution >= 0.6 is 15.2 Å². The molecule has 0 bridgehead atoms. The monoisotopic (exact) mass is 536 g/mol. The Morgan fingerprint density at radius 2 is 1.08 bits per heavy atom. The molecule has 2 atom stereocenters. The van der Waals surface area contributed by atoms with Crippen LogP contribution in [0.2, 0.25) is 0 Å². The molecular formula is C28H42O6P2. The predicted octanol–water partition coefficient (Wildman–Crippen LogP) is 9.19. The lowest BCUT2D eigenvalue weighted by molar-refractivity contribution is 0.262. The van der Waals surface area contributed by atoms with Gasteiger partial charge in [0.2, 0.25) is 0 Å². The molecular weight excluding hydrogens is 494 g/mol. The molecule has 2 unspecified atom stereocenters. The van der Waals surface area contributed by atoms with Crippen LogP contribution in [0.4, 0.5) is 0 Å². The highest BCUT2D eigenvalue weighted by Gasteiger charge is 2.18. The minimum absolute atomic E-state index is 0.348. The van der Waals surface area contributed by atoms with Gasteiger partial charge in [-0.2, -0.15) is 0 Å². The molecule has 6 nitrogen and oxygen atoms in total. The van der Waals surface area contributed by atoms with Crippen LogP contribution in [0.1, 0.15) is 82.3 Å². The highest BCUT2D eigenvalue weighted by atomic mass is 31.2. The fraction of sp³-hybridized carbons (Fsp3) is 0.500. The second kappa shape index (κ2) is 16.1. The third-order valence-electron chi connectivity index (χ3n) is 5.60. The van der Waals surface area contributed by atoms with Crippen molar-refractivity contribution in [2.75, 3.05) is 19.9 Å². The normalized spacial score (nSPS) is 14.9. The number of hydrogen-bond acceptors (Lipinski definition) is 5. The Labute approximate surface area is 217 Å². The zero-order valence-electron chi connectivity index (χ0n) is 21.9. The van der Waals surface area contributed by atoms with Gasteiger partial charge < -0.3 is 13.9 Å². The van der Waals surface area contributed by atoms with Crippen molar-refractivity contribution < 1.29 is 27.6 Å². The van der Waals surface area contributed by atoms with Crippen LogP contribution in [-0.2, 0) is 13.7 Å². The van der Waals surface area contributed by atoms with Crippen molar-refractivity contribution in [3.8, 4) is 11.5 Å². The van der Waals surface area contributed by atoms with Crippen LogP contribution in [0.25, 0.3) is 12.2 Å². The first-order valence-corrected chi connectivity index (χ1v) is 17.0. The Morgan fingerprint density at radius 3 is 1.53 bits per heavy atom. The van der Waals surface area contributed by atoms with Crippen LogP contribution in [0.3, 0.4) is 0 Å². The van der Waals surface area contributed by atoms with Crippen LogP contribution in [0.15, 0.2) is 48.5 Å². The molecule has 0 radical (unpaired) electrons. The highest BCUT2D eigenvalue weighted by molar-refractivity contribution is 7.53. The van der Waals surface area contributed by atoms with Gasteiger partial charge in [-0.25, -0.2) is 9.13 Å². The van der Waals surface area contributed by atoms with Crippen LogP contribution in [0.5, 0.6) is 11.5 Å². The summed E-state index contributed by atoms with van der Waals surface area (Å²) in [6, 6.07) is 14.2. The van der Waals surface area contributed by atoms with Gasteiger partial charge in [0.05, 0.1) is 6.61 Å². The third-order valence-corrected chi connectivity index (χ3v) is 7.34. The molecule has 0 heterocycles. The zero-order valence-corrected chi connectivity index (χ0v) is 23.7. The molecule has 0 amide bonds. The number of benzene rings is 2. The Kier molecular flexibility index (Phi) is 13.6. The van der Waals surface area contributed by atoms with Crippen molar-refractivity contribution in [2.45, 2.75) is 71.1 Å². The molecule has 36 heavy (non-hydrogen) atoms. The fourth-order valence-electron chi connectivity index (χ4n) is 3.71. The topological polar surface area (TPSA) is 82.1 Å². The molecule has 0 saturated carbocycles. The molecule has 0 aliphatic heterocycles. The first-order chi connectivity index (χ1) is 17.2. The summed E-state index contributed by atoms with van der Waals surface area (Å²) in [4.78, 5) is 9.29. The molecule has 200 valence electrons. The lowest BCUT2D eigenvalue weighted by atomic mass is 10.1. The van der Waals surface area contributed by atoms with Crippen molar-refractivity contribution >= 4 is 27.3 Å². The summed E-state index contributed by atoms with van der Waals surface area (Å²) < 4.78 is 40.1. The van der Waals surface area contributed by atoms with E-state index in [2.05, 4.69) is 6.92 Å². The maximum Gasteiger partial charge on any atom is 0.376 e. The Balaban J connectivity index is 1.67.